The van der Waals surface area contributed by atoms with Crippen molar-refractivity contribution in [1.82, 2.24) is 4.72 Å². The monoisotopic (exact) mass is 359 g/mol. The van der Waals surface area contributed by atoms with Crippen LogP contribution in [0.4, 0.5) is 0 Å². The maximum Gasteiger partial charge on any atom is 0.242 e. The Morgan fingerprint density at radius 3 is 2.32 bits per heavy atom. The first-order chi connectivity index (χ1) is 10.3. The van der Waals surface area contributed by atoms with Crippen LogP contribution in [0, 0.1) is 0 Å². The lowest BCUT2D eigenvalue weighted by molar-refractivity contribution is 0.414. The van der Waals surface area contributed by atoms with E-state index in [0.29, 0.717) is 10.8 Å². The predicted molar refractivity (Wildman–Crippen MR) is 88.2 cm³/mol. The second-order valence-corrected chi connectivity index (χ2v) is 7.22. The Morgan fingerprint density at radius 2 is 1.73 bits per heavy atom. The first-order valence-electron chi connectivity index (χ1n) is 6.45. The molecule has 1 N–H and O–H groups in total. The van der Waals surface area contributed by atoms with Gasteiger partial charge in [0.2, 0.25) is 10.0 Å². The minimum absolute atomic E-state index is 0.0398. The molecule has 0 aliphatic carbocycles. The standard InChI is InChI=1S/C15H15Cl2NO3S/c1-10(11-3-6-13(21-2)7-4-11)18-22(19,20)15-9-12(16)5-8-14(15)17/h3-10,18H,1-2H3/t10-/m1/s1. The van der Waals surface area contributed by atoms with E-state index < -0.39 is 16.1 Å². The Labute approximate surface area is 140 Å². The van der Waals surface area contributed by atoms with E-state index >= 15 is 0 Å². The van der Waals surface area contributed by atoms with Crippen LogP contribution in [0.15, 0.2) is 47.4 Å². The third-order valence-corrected chi connectivity index (χ3v) is 5.39. The average Bonchev–Trinajstić information content (AvgIpc) is 2.49. The Kier molecular flexibility index (Phi) is 5.34. The van der Waals surface area contributed by atoms with Crippen LogP contribution >= 0.6 is 23.2 Å². The zero-order chi connectivity index (χ0) is 16.3. The predicted octanol–water partition coefficient (Wildman–Crippen LogP) is 4.04. The Bertz CT molecular complexity index is 761. The van der Waals surface area contributed by atoms with Gasteiger partial charge in [0.05, 0.1) is 12.1 Å². The molecule has 0 fully saturated rings. The smallest absolute Gasteiger partial charge is 0.242 e. The van der Waals surface area contributed by atoms with Gasteiger partial charge in [-0.1, -0.05) is 35.3 Å². The Morgan fingerprint density at radius 1 is 1.09 bits per heavy atom. The summed E-state index contributed by atoms with van der Waals surface area (Å²) in [5.41, 5.74) is 0.808. The van der Waals surface area contributed by atoms with E-state index in [2.05, 4.69) is 4.72 Å². The fourth-order valence-electron chi connectivity index (χ4n) is 1.94. The molecule has 2 rings (SSSR count). The molecule has 0 saturated carbocycles. The fourth-order valence-corrected chi connectivity index (χ4v) is 3.93. The van der Waals surface area contributed by atoms with Gasteiger partial charge in [-0.05, 0) is 42.8 Å². The van der Waals surface area contributed by atoms with Crippen molar-refractivity contribution in [2.75, 3.05) is 7.11 Å². The van der Waals surface area contributed by atoms with Crippen molar-refractivity contribution >= 4 is 33.2 Å². The third kappa shape index (κ3) is 3.93. The first kappa shape index (κ1) is 17.1. The molecule has 0 saturated heterocycles. The number of hydrogen-bond donors (Lipinski definition) is 1. The van der Waals surface area contributed by atoms with E-state index in [0.717, 1.165) is 5.56 Å². The number of benzene rings is 2. The van der Waals surface area contributed by atoms with Gasteiger partial charge in [0, 0.05) is 11.1 Å². The van der Waals surface area contributed by atoms with Gasteiger partial charge in [0.1, 0.15) is 10.6 Å². The summed E-state index contributed by atoms with van der Waals surface area (Å²) >= 11 is 11.8. The summed E-state index contributed by atoms with van der Waals surface area (Å²) in [5, 5.41) is 0.431. The van der Waals surface area contributed by atoms with E-state index in [1.54, 1.807) is 38.3 Å². The maximum absolute atomic E-state index is 12.4. The van der Waals surface area contributed by atoms with Gasteiger partial charge in [0.25, 0.3) is 0 Å². The number of hydrogen-bond acceptors (Lipinski definition) is 3. The topological polar surface area (TPSA) is 55.4 Å². The van der Waals surface area contributed by atoms with Crippen LogP contribution in [0.2, 0.25) is 10.0 Å². The van der Waals surface area contributed by atoms with Crippen molar-refractivity contribution in [3.05, 3.63) is 58.1 Å². The van der Waals surface area contributed by atoms with Crippen molar-refractivity contribution in [2.45, 2.75) is 17.9 Å². The number of nitrogens with one attached hydrogen (secondary N) is 1. The zero-order valence-electron chi connectivity index (χ0n) is 12.0. The lowest BCUT2D eigenvalue weighted by atomic mass is 10.1. The average molecular weight is 360 g/mol. The molecule has 4 nitrogen and oxygen atoms in total. The number of methoxy groups -OCH3 is 1. The van der Waals surface area contributed by atoms with Crippen molar-refractivity contribution in [3.8, 4) is 5.75 Å². The third-order valence-electron chi connectivity index (χ3n) is 3.13. The van der Waals surface area contributed by atoms with Crippen molar-refractivity contribution in [2.24, 2.45) is 0 Å². The normalized spacial score (nSPS) is 12.9. The summed E-state index contributed by atoms with van der Waals surface area (Å²) in [6, 6.07) is 11.0. The molecule has 0 spiro atoms. The summed E-state index contributed by atoms with van der Waals surface area (Å²) in [6.45, 7) is 1.75. The van der Waals surface area contributed by atoms with Crippen LogP contribution < -0.4 is 9.46 Å². The summed E-state index contributed by atoms with van der Waals surface area (Å²) in [5.74, 6) is 0.705. The van der Waals surface area contributed by atoms with E-state index in [9.17, 15) is 8.42 Å². The highest BCUT2D eigenvalue weighted by Crippen LogP contribution is 2.26. The highest BCUT2D eigenvalue weighted by atomic mass is 35.5. The van der Waals surface area contributed by atoms with Crippen molar-refractivity contribution in [3.63, 3.8) is 0 Å². The summed E-state index contributed by atoms with van der Waals surface area (Å²) in [4.78, 5) is -0.0398. The molecule has 2 aromatic carbocycles. The van der Waals surface area contributed by atoms with Crippen LogP contribution in [0.3, 0.4) is 0 Å². The number of halogens is 2. The Hall–Kier alpha value is -1.27. The van der Waals surface area contributed by atoms with Gasteiger partial charge in [-0.15, -0.1) is 0 Å². The molecule has 0 unspecified atom stereocenters. The molecule has 0 aromatic heterocycles. The van der Waals surface area contributed by atoms with Crippen LogP contribution in [0.25, 0.3) is 0 Å². The lowest BCUT2D eigenvalue weighted by Gasteiger charge is -2.16. The molecule has 0 heterocycles. The van der Waals surface area contributed by atoms with Crippen molar-refractivity contribution in [1.29, 1.82) is 0 Å². The molecule has 0 bridgehead atoms. The molecular weight excluding hydrogens is 345 g/mol. The minimum Gasteiger partial charge on any atom is -0.497 e. The van der Waals surface area contributed by atoms with E-state index in [4.69, 9.17) is 27.9 Å². The molecule has 0 amide bonds. The summed E-state index contributed by atoms with van der Waals surface area (Å²) < 4.78 is 32.5. The van der Waals surface area contributed by atoms with Gasteiger partial charge >= 0.3 is 0 Å². The van der Waals surface area contributed by atoms with Crippen LogP contribution in [-0.4, -0.2) is 15.5 Å². The Balaban J connectivity index is 2.25. The van der Waals surface area contributed by atoms with Gasteiger partial charge < -0.3 is 4.74 Å². The molecule has 1 atom stereocenters. The number of sulfonamides is 1. The minimum atomic E-state index is -3.77. The molecule has 0 radical (unpaired) electrons. The number of ether oxygens (including phenoxy) is 1. The molecular formula is C15H15Cl2NO3S. The van der Waals surface area contributed by atoms with Gasteiger partial charge in [0.15, 0.2) is 0 Å². The SMILES string of the molecule is COc1ccc([C@@H](C)NS(=O)(=O)c2cc(Cl)ccc2Cl)cc1. The molecule has 2 aromatic rings. The van der Waals surface area contributed by atoms with E-state index in [1.807, 2.05) is 0 Å². The number of rotatable bonds is 5. The highest BCUT2D eigenvalue weighted by molar-refractivity contribution is 7.89. The quantitative estimate of drug-likeness (QED) is 0.876. The van der Waals surface area contributed by atoms with Crippen molar-refractivity contribution < 1.29 is 13.2 Å². The molecule has 7 heteroatoms. The first-order valence-corrected chi connectivity index (χ1v) is 8.69. The second kappa shape index (κ2) is 6.87. The van der Waals surface area contributed by atoms with Gasteiger partial charge in [-0.2, -0.15) is 0 Å². The van der Waals surface area contributed by atoms with Gasteiger partial charge in [-0.25, -0.2) is 13.1 Å². The fraction of sp³-hybridized carbons (Fsp3) is 0.200. The van der Waals surface area contributed by atoms with E-state index in [1.165, 1.54) is 18.2 Å². The molecule has 0 aliphatic rings. The van der Waals surface area contributed by atoms with Gasteiger partial charge in [-0.3, -0.25) is 0 Å². The van der Waals surface area contributed by atoms with Crippen LogP contribution in [0.1, 0.15) is 18.5 Å². The van der Waals surface area contributed by atoms with E-state index in [-0.39, 0.29) is 9.92 Å². The molecule has 22 heavy (non-hydrogen) atoms. The largest absolute Gasteiger partial charge is 0.497 e. The zero-order valence-corrected chi connectivity index (χ0v) is 14.3. The molecule has 118 valence electrons. The summed E-state index contributed by atoms with van der Waals surface area (Å²) in [6.07, 6.45) is 0. The van der Waals surface area contributed by atoms with Crippen LogP contribution in [0.5, 0.6) is 5.75 Å². The maximum atomic E-state index is 12.4. The lowest BCUT2D eigenvalue weighted by Crippen LogP contribution is -2.27. The molecule has 0 aliphatic heterocycles. The highest BCUT2D eigenvalue weighted by Gasteiger charge is 2.21. The summed E-state index contributed by atoms with van der Waals surface area (Å²) in [7, 11) is -2.20. The second-order valence-electron chi connectivity index (χ2n) is 4.69. The van der Waals surface area contributed by atoms with Crippen LogP contribution in [-0.2, 0) is 10.0 Å².